The summed E-state index contributed by atoms with van der Waals surface area (Å²) >= 11 is 0. The Hall–Kier alpha value is -1.80. The maximum Gasteiger partial charge on any atom is 0.120 e. The largest absolute Gasteiger partial charge is 0.489 e. The highest BCUT2D eigenvalue weighted by Gasteiger charge is 2.08. The van der Waals surface area contributed by atoms with Gasteiger partial charge >= 0.3 is 0 Å². The van der Waals surface area contributed by atoms with Crippen molar-refractivity contribution in [2.45, 2.75) is 26.0 Å². The second kappa shape index (κ2) is 5.89. The van der Waals surface area contributed by atoms with Crippen molar-refractivity contribution in [3.8, 4) is 5.75 Å². The lowest BCUT2D eigenvalue weighted by Gasteiger charge is -2.10. The fraction of sp³-hybridized carbons (Fsp3) is 0.294. The van der Waals surface area contributed by atoms with E-state index < -0.39 is 0 Å². The average Bonchev–Trinajstić information content (AvgIpc) is 2.71. The summed E-state index contributed by atoms with van der Waals surface area (Å²) in [6.45, 7) is 2.72. The maximum atomic E-state index is 5.88. The Kier molecular flexibility index (Phi) is 3.80. The summed E-state index contributed by atoms with van der Waals surface area (Å²) in [5, 5.41) is 3.44. The summed E-state index contributed by atoms with van der Waals surface area (Å²) in [7, 11) is 0. The molecule has 0 atom stereocenters. The first-order valence-corrected chi connectivity index (χ1v) is 6.91. The number of aryl methyl sites for hydroxylation is 1. The van der Waals surface area contributed by atoms with Gasteiger partial charge in [0.15, 0.2) is 0 Å². The minimum absolute atomic E-state index is 0.637. The van der Waals surface area contributed by atoms with Gasteiger partial charge in [-0.25, -0.2) is 0 Å². The lowest BCUT2D eigenvalue weighted by molar-refractivity contribution is 0.306. The first kappa shape index (κ1) is 12.2. The zero-order chi connectivity index (χ0) is 12.9. The van der Waals surface area contributed by atoms with E-state index in [4.69, 9.17) is 4.74 Å². The van der Waals surface area contributed by atoms with Gasteiger partial charge in [0, 0.05) is 6.54 Å². The molecule has 2 nitrogen and oxygen atoms in total. The quantitative estimate of drug-likeness (QED) is 0.906. The Labute approximate surface area is 114 Å². The molecule has 0 radical (unpaired) electrons. The normalized spacial score (nSPS) is 14.5. The fourth-order valence-corrected chi connectivity index (χ4v) is 2.47. The molecule has 0 amide bonds. The monoisotopic (exact) mass is 253 g/mol. The molecule has 19 heavy (non-hydrogen) atoms. The molecule has 0 aromatic heterocycles. The summed E-state index contributed by atoms with van der Waals surface area (Å²) in [4.78, 5) is 0. The van der Waals surface area contributed by atoms with Crippen LogP contribution in [0, 0.1) is 0 Å². The molecule has 1 heterocycles. The number of hydrogen-bond acceptors (Lipinski definition) is 2. The van der Waals surface area contributed by atoms with Crippen molar-refractivity contribution in [1.82, 2.24) is 5.32 Å². The van der Waals surface area contributed by atoms with Crippen LogP contribution in [0.1, 0.15) is 23.1 Å². The Morgan fingerprint density at radius 3 is 2.79 bits per heavy atom. The Morgan fingerprint density at radius 2 is 1.89 bits per heavy atom. The third kappa shape index (κ3) is 3.15. The van der Waals surface area contributed by atoms with E-state index in [0.29, 0.717) is 6.61 Å². The maximum absolute atomic E-state index is 5.88. The molecule has 0 unspecified atom stereocenters. The van der Waals surface area contributed by atoms with Gasteiger partial charge < -0.3 is 10.1 Å². The van der Waals surface area contributed by atoms with Crippen LogP contribution in [0.5, 0.6) is 5.75 Å². The average molecular weight is 253 g/mol. The Bertz CT molecular complexity index is 536. The van der Waals surface area contributed by atoms with Crippen molar-refractivity contribution in [3.05, 3.63) is 65.2 Å². The summed E-state index contributed by atoms with van der Waals surface area (Å²) in [5.41, 5.74) is 4.04. The van der Waals surface area contributed by atoms with Crippen LogP contribution < -0.4 is 10.1 Å². The second-order valence-electron chi connectivity index (χ2n) is 4.99. The number of rotatable bonds is 3. The summed E-state index contributed by atoms with van der Waals surface area (Å²) < 4.78 is 5.88. The van der Waals surface area contributed by atoms with Gasteiger partial charge in [-0.3, -0.25) is 0 Å². The standard InChI is InChI=1S/C17H19NO/c1-2-5-14(6-3-1)13-19-17-9-8-16-12-18-10-4-7-15(16)11-17/h1-3,5-6,8-9,11,18H,4,7,10,12-13H2. The number of benzene rings is 2. The van der Waals surface area contributed by atoms with Crippen molar-refractivity contribution < 1.29 is 4.74 Å². The van der Waals surface area contributed by atoms with Crippen LogP contribution in [0.25, 0.3) is 0 Å². The molecular formula is C17H19NO. The van der Waals surface area contributed by atoms with Crippen molar-refractivity contribution in [2.75, 3.05) is 6.54 Å². The highest BCUT2D eigenvalue weighted by molar-refractivity contribution is 5.36. The molecule has 0 spiro atoms. The van der Waals surface area contributed by atoms with Crippen molar-refractivity contribution in [2.24, 2.45) is 0 Å². The molecule has 0 saturated heterocycles. The van der Waals surface area contributed by atoms with E-state index >= 15 is 0 Å². The van der Waals surface area contributed by atoms with Gasteiger partial charge in [0.2, 0.25) is 0 Å². The van der Waals surface area contributed by atoms with E-state index in [2.05, 4.69) is 35.6 Å². The van der Waals surface area contributed by atoms with Crippen LogP contribution in [0.3, 0.4) is 0 Å². The van der Waals surface area contributed by atoms with Crippen LogP contribution in [-0.2, 0) is 19.6 Å². The van der Waals surface area contributed by atoms with E-state index in [1.165, 1.54) is 23.1 Å². The molecule has 2 aromatic rings. The minimum atomic E-state index is 0.637. The van der Waals surface area contributed by atoms with Crippen LogP contribution >= 0.6 is 0 Å². The summed E-state index contributed by atoms with van der Waals surface area (Å²) in [5.74, 6) is 0.976. The molecule has 0 aliphatic carbocycles. The predicted octanol–water partition coefficient (Wildman–Crippen LogP) is 3.30. The molecule has 1 N–H and O–H groups in total. The van der Waals surface area contributed by atoms with E-state index in [1.807, 2.05) is 18.2 Å². The highest BCUT2D eigenvalue weighted by atomic mass is 16.5. The molecular weight excluding hydrogens is 234 g/mol. The number of ether oxygens (including phenoxy) is 1. The molecule has 0 bridgehead atoms. The molecule has 98 valence electrons. The van der Waals surface area contributed by atoms with Crippen molar-refractivity contribution in [1.29, 1.82) is 0 Å². The predicted molar refractivity (Wildman–Crippen MR) is 77.2 cm³/mol. The molecule has 2 aromatic carbocycles. The van der Waals surface area contributed by atoms with Crippen LogP contribution in [0.15, 0.2) is 48.5 Å². The minimum Gasteiger partial charge on any atom is -0.489 e. The first-order chi connectivity index (χ1) is 9.42. The Balaban J connectivity index is 1.70. The number of nitrogens with one attached hydrogen (secondary N) is 1. The third-order valence-electron chi connectivity index (χ3n) is 3.54. The molecule has 1 aliphatic heterocycles. The SMILES string of the molecule is c1ccc(COc2ccc3c(c2)CCCNC3)cc1. The van der Waals surface area contributed by atoms with E-state index in [0.717, 1.165) is 25.3 Å². The zero-order valence-corrected chi connectivity index (χ0v) is 11.1. The summed E-state index contributed by atoms with van der Waals surface area (Å²) in [6, 6.07) is 16.8. The molecule has 0 fully saturated rings. The van der Waals surface area contributed by atoms with Gasteiger partial charge in [0.25, 0.3) is 0 Å². The van der Waals surface area contributed by atoms with Gasteiger partial charge in [-0.05, 0) is 48.2 Å². The van der Waals surface area contributed by atoms with E-state index in [1.54, 1.807) is 0 Å². The third-order valence-corrected chi connectivity index (χ3v) is 3.54. The summed E-state index contributed by atoms with van der Waals surface area (Å²) in [6.07, 6.45) is 2.35. The first-order valence-electron chi connectivity index (χ1n) is 6.91. The van der Waals surface area contributed by atoms with Crippen LogP contribution in [0.4, 0.5) is 0 Å². The molecule has 0 saturated carbocycles. The van der Waals surface area contributed by atoms with Gasteiger partial charge in [0.05, 0.1) is 0 Å². The van der Waals surface area contributed by atoms with Gasteiger partial charge in [0.1, 0.15) is 12.4 Å². The van der Waals surface area contributed by atoms with Crippen molar-refractivity contribution in [3.63, 3.8) is 0 Å². The highest BCUT2D eigenvalue weighted by Crippen LogP contribution is 2.21. The van der Waals surface area contributed by atoms with Gasteiger partial charge in [-0.2, -0.15) is 0 Å². The molecule has 1 aliphatic rings. The molecule has 2 heteroatoms. The molecule has 3 rings (SSSR count). The number of fused-ring (bicyclic) bond motifs is 1. The zero-order valence-electron chi connectivity index (χ0n) is 11.1. The number of hydrogen-bond donors (Lipinski definition) is 1. The van der Waals surface area contributed by atoms with Gasteiger partial charge in [-0.15, -0.1) is 0 Å². The van der Waals surface area contributed by atoms with Gasteiger partial charge in [-0.1, -0.05) is 36.4 Å². The van der Waals surface area contributed by atoms with E-state index in [9.17, 15) is 0 Å². The fourth-order valence-electron chi connectivity index (χ4n) is 2.47. The lowest BCUT2D eigenvalue weighted by atomic mass is 10.0. The van der Waals surface area contributed by atoms with Crippen LogP contribution in [0.2, 0.25) is 0 Å². The van der Waals surface area contributed by atoms with E-state index in [-0.39, 0.29) is 0 Å². The topological polar surface area (TPSA) is 21.3 Å². The van der Waals surface area contributed by atoms with Crippen molar-refractivity contribution >= 4 is 0 Å². The van der Waals surface area contributed by atoms with Crippen LogP contribution in [-0.4, -0.2) is 6.54 Å². The smallest absolute Gasteiger partial charge is 0.120 e. The Morgan fingerprint density at radius 1 is 1.00 bits per heavy atom. The lowest BCUT2D eigenvalue weighted by Crippen LogP contribution is -2.11. The second-order valence-corrected chi connectivity index (χ2v) is 4.99.